The van der Waals surface area contributed by atoms with Gasteiger partial charge in [0.1, 0.15) is 11.0 Å². The second-order valence-electron chi connectivity index (χ2n) is 4.39. The number of nitrogens with zero attached hydrogens (tertiary/aromatic N) is 4. The Hall–Kier alpha value is -2.78. The van der Waals surface area contributed by atoms with Crippen LogP contribution in [0.15, 0.2) is 47.5 Å². The molecule has 3 aromatic rings. The van der Waals surface area contributed by atoms with E-state index in [1.54, 1.807) is 23.0 Å². The van der Waals surface area contributed by atoms with Crippen molar-refractivity contribution in [2.75, 3.05) is 0 Å². The molecule has 0 saturated heterocycles. The molecule has 0 fully saturated rings. The lowest BCUT2D eigenvalue weighted by Crippen LogP contribution is -1.98. The Morgan fingerprint density at radius 1 is 1.10 bits per heavy atom. The summed E-state index contributed by atoms with van der Waals surface area (Å²) < 4.78 is 0. The molecule has 5 nitrogen and oxygen atoms in total. The predicted octanol–water partition coefficient (Wildman–Crippen LogP) is 2.95. The van der Waals surface area contributed by atoms with Crippen LogP contribution in [-0.4, -0.2) is 21.1 Å². The lowest BCUT2D eigenvalue weighted by molar-refractivity contribution is 0.565. The molecular weight excluding hydrogens is 252 g/mol. The van der Waals surface area contributed by atoms with Crippen molar-refractivity contribution in [1.82, 2.24) is 15.0 Å². The van der Waals surface area contributed by atoms with Crippen LogP contribution in [0.3, 0.4) is 0 Å². The van der Waals surface area contributed by atoms with E-state index in [9.17, 15) is 4.79 Å². The van der Waals surface area contributed by atoms with E-state index in [0.29, 0.717) is 11.2 Å². The van der Waals surface area contributed by atoms with Crippen molar-refractivity contribution < 1.29 is 4.79 Å². The summed E-state index contributed by atoms with van der Waals surface area (Å²) in [5.74, 6) is 0. The van der Waals surface area contributed by atoms with E-state index in [0.717, 1.165) is 17.6 Å². The maximum absolute atomic E-state index is 10.3. The molecule has 0 amide bonds. The molecule has 2 aromatic carbocycles. The Morgan fingerprint density at radius 3 is 2.55 bits per heavy atom. The minimum atomic E-state index is 0.529. The predicted molar refractivity (Wildman–Crippen MR) is 76.0 cm³/mol. The highest BCUT2D eigenvalue weighted by atomic mass is 16.1. The number of rotatable bonds is 3. The normalized spacial score (nSPS) is 10.4. The highest BCUT2D eigenvalue weighted by Crippen LogP contribution is 2.19. The molecule has 0 bridgehead atoms. The number of aryl methyl sites for hydroxylation is 1. The van der Waals surface area contributed by atoms with Gasteiger partial charge in [-0.1, -0.05) is 19.1 Å². The molecule has 0 radical (unpaired) electrons. The maximum Gasteiger partial charge on any atom is 0.240 e. The van der Waals surface area contributed by atoms with Gasteiger partial charge in [-0.3, -0.25) is 0 Å². The minimum Gasteiger partial charge on any atom is -0.211 e. The summed E-state index contributed by atoms with van der Waals surface area (Å²) in [6.07, 6.45) is 2.52. The van der Waals surface area contributed by atoms with E-state index in [-0.39, 0.29) is 0 Å². The van der Waals surface area contributed by atoms with Crippen LogP contribution < -0.4 is 0 Å². The first-order valence-corrected chi connectivity index (χ1v) is 6.34. The summed E-state index contributed by atoms with van der Waals surface area (Å²) in [4.78, 5) is 15.4. The largest absolute Gasteiger partial charge is 0.240 e. The maximum atomic E-state index is 10.3. The molecule has 20 heavy (non-hydrogen) atoms. The van der Waals surface area contributed by atoms with Crippen LogP contribution >= 0.6 is 0 Å². The third-order valence-corrected chi connectivity index (χ3v) is 3.11. The quantitative estimate of drug-likeness (QED) is 0.539. The third-order valence-electron chi connectivity index (χ3n) is 3.11. The van der Waals surface area contributed by atoms with Gasteiger partial charge < -0.3 is 0 Å². The van der Waals surface area contributed by atoms with Gasteiger partial charge >= 0.3 is 0 Å². The van der Waals surface area contributed by atoms with E-state index >= 15 is 0 Å². The Balaban J connectivity index is 2.05. The Labute approximate surface area is 115 Å². The van der Waals surface area contributed by atoms with Crippen molar-refractivity contribution in [3.05, 3.63) is 48.0 Å². The van der Waals surface area contributed by atoms with Gasteiger partial charge in [-0.15, -0.1) is 10.2 Å². The van der Waals surface area contributed by atoms with E-state index in [4.69, 9.17) is 0 Å². The topological polar surface area (TPSA) is 60.1 Å². The number of hydrogen-bond donors (Lipinski definition) is 0. The number of isocyanates is 1. The minimum absolute atomic E-state index is 0.529. The molecule has 98 valence electrons. The number of carbonyl (C=O) groups excluding carboxylic acids is 1. The zero-order chi connectivity index (χ0) is 13.9. The molecule has 0 saturated carbocycles. The highest BCUT2D eigenvalue weighted by Gasteiger charge is 2.05. The molecule has 0 aliphatic heterocycles. The monoisotopic (exact) mass is 264 g/mol. The van der Waals surface area contributed by atoms with Gasteiger partial charge in [-0.25, -0.2) is 4.79 Å². The summed E-state index contributed by atoms with van der Waals surface area (Å²) in [5, 5.41) is 8.80. The van der Waals surface area contributed by atoms with Crippen molar-refractivity contribution in [3.8, 4) is 5.69 Å². The standard InChI is InChI=1S/C15H12N4O/c1-2-11-3-6-13(7-4-11)19-17-14-8-5-12(16-10-20)9-15(14)18-19/h3-9H,2H2,1H3. The first-order valence-electron chi connectivity index (χ1n) is 6.34. The van der Waals surface area contributed by atoms with Crippen LogP contribution in [0.2, 0.25) is 0 Å². The van der Waals surface area contributed by atoms with Gasteiger partial charge in [0.2, 0.25) is 6.08 Å². The SMILES string of the molecule is CCc1ccc(-n2nc3ccc(N=C=O)cc3n2)cc1. The van der Waals surface area contributed by atoms with Crippen LogP contribution in [0.1, 0.15) is 12.5 Å². The summed E-state index contributed by atoms with van der Waals surface area (Å²) in [7, 11) is 0. The average Bonchev–Trinajstić information content (AvgIpc) is 2.91. The molecule has 0 N–H and O–H groups in total. The van der Waals surface area contributed by atoms with Crippen LogP contribution in [0.5, 0.6) is 0 Å². The van der Waals surface area contributed by atoms with Crippen molar-refractivity contribution >= 4 is 22.8 Å². The number of aliphatic imine (C=N–C) groups is 1. The molecule has 0 aliphatic rings. The van der Waals surface area contributed by atoms with Crippen LogP contribution in [0.4, 0.5) is 5.69 Å². The Bertz CT molecular complexity index is 798. The zero-order valence-electron chi connectivity index (χ0n) is 10.9. The molecular formula is C15H12N4O. The van der Waals surface area contributed by atoms with E-state index in [1.165, 1.54) is 11.6 Å². The van der Waals surface area contributed by atoms with Gasteiger partial charge in [0.15, 0.2) is 0 Å². The molecule has 5 heteroatoms. The number of hydrogen-bond acceptors (Lipinski definition) is 4. The highest BCUT2D eigenvalue weighted by molar-refractivity contribution is 5.78. The zero-order valence-corrected chi connectivity index (χ0v) is 10.9. The third kappa shape index (κ3) is 2.22. The second-order valence-corrected chi connectivity index (χ2v) is 4.39. The van der Waals surface area contributed by atoms with Crippen LogP contribution in [0.25, 0.3) is 16.7 Å². The lowest BCUT2D eigenvalue weighted by atomic mass is 10.2. The Morgan fingerprint density at radius 2 is 1.85 bits per heavy atom. The fourth-order valence-electron chi connectivity index (χ4n) is 2.01. The smallest absolute Gasteiger partial charge is 0.211 e. The lowest BCUT2D eigenvalue weighted by Gasteiger charge is -2.00. The molecule has 1 heterocycles. The average molecular weight is 264 g/mol. The van der Waals surface area contributed by atoms with Crippen molar-refractivity contribution in [2.45, 2.75) is 13.3 Å². The van der Waals surface area contributed by atoms with Gasteiger partial charge in [-0.05, 0) is 42.3 Å². The molecule has 1 aromatic heterocycles. The van der Waals surface area contributed by atoms with Gasteiger partial charge in [0.05, 0.1) is 11.4 Å². The molecule has 0 unspecified atom stereocenters. The summed E-state index contributed by atoms with van der Waals surface area (Å²) in [6.45, 7) is 2.12. The van der Waals surface area contributed by atoms with Gasteiger partial charge in [0, 0.05) is 0 Å². The van der Waals surface area contributed by atoms with Crippen molar-refractivity contribution in [3.63, 3.8) is 0 Å². The summed E-state index contributed by atoms with van der Waals surface area (Å²) in [5.41, 5.74) is 4.16. The first-order chi connectivity index (χ1) is 9.80. The summed E-state index contributed by atoms with van der Waals surface area (Å²) >= 11 is 0. The Kier molecular flexibility index (Phi) is 3.11. The number of aromatic nitrogens is 3. The molecule has 0 spiro atoms. The van der Waals surface area contributed by atoms with Gasteiger partial charge in [0.25, 0.3) is 0 Å². The fraction of sp³-hybridized carbons (Fsp3) is 0.133. The number of benzene rings is 2. The number of fused-ring (bicyclic) bond motifs is 1. The first kappa shape index (κ1) is 12.3. The van der Waals surface area contributed by atoms with Crippen LogP contribution in [0, 0.1) is 0 Å². The molecule has 0 aliphatic carbocycles. The van der Waals surface area contributed by atoms with Crippen molar-refractivity contribution in [2.24, 2.45) is 4.99 Å². The fourth-order valence-corrected chi connectivity index (χ4v) is 2.01. The van der Waals surface area contributed by atoms with E-state index < -0.39 is 0 Å². The van der Waals surface area contributed by atoms with E-state index in [2.05, 4.69) is 34.2 Å². The van der Waals surface area contributed by atoms with Crippen LogP contribution in [-0.2, 0) is 11.2 Å². The summed E-state index contributed by atoms with van der Waals surface area (Å²) in [6, 6.07) is 13.3. The molecule has 3 rings (SSSR count). The molecule has 0 atom stereocenters. The van der Waals surface area contributed by atoms with Gasteiger partial charge in [-0.2, -0.15) is 9.79 Å². The van der Waals surface area contributed by atoms with E-state index in [1.807, 2.05) is 12.1 Å². The second kappa shape index (κ2) is 5.07. The van der Waals surface area contributed by atoms with Crippen molar-refractivity contribution in [1.29, 1.82) is 0 Å².